The van der Waals surface area contributed by atoms with Crippen LogP contribution in [0.2, 0.25) is 10.0 Å². The van der Waals surface area contributed by atoms with E-state index in [4.69, 9.17) is 27.9 Å². The lowest BCUT2D eigenvalue weighted by Gasteiger charge is -2.24. The molecule has 1 atom stereocenters. The van der Waals surface area contributed by atoms with Crippen molar-refractivity contribution >= 4 is 35.0 Å². The highest BCUT2D eigenvalue weighted by Crippen LogP contribution is 2.23. The molecular formula is C20H24Cl2N4O3. The molecule has 2 aromatic rings. The first kappa shape index (κ1) is 21.5. The van der Waals surface area contributed by atoms with Crippen LogP contribution in [0.1, 0.15) is 32.8 Å². The predicted molar refractivity (Wildman–Crippen MR) is 114 cm³/mol. The number of aryl methyl sites for hydroxylation is 1. The molecule has 1 amide bonds. The fraction of sp³-hybridized carbons (Fsp3) is 0.450. The van der Waals surface area contributed by atoms with Gasteiger partial charge in [0.25, 0.3) is 5.56 Å². The van der Waals surface area contributed by atoms with Crippen LogP contribution in [0.3, 0.4) is 0 Å². The topological polar surface area (TPSA) is 76.5 Å². The lowest BCUT2D eigenvalue weighted by atomic mass is 10.2. The molecule has 7 nitrogen and oxygen atoms in total. The predicted octanol–water partition coefficient (Wildman–Crippen LogP) is 4.27. The van der Waals surface area contributed by atoms with Crippen molar-refractivity contribution in [1.82, 2.24) is 14.7 Å². The van der Waals surface area contributed by atoms with Gasteiger partial charge in [-0.1, -0.05) is 29.3 Å². The zero-order chi connectivity index (χ0) is 21.3. The van der Waals surface area contributed by atoms with Crippen molar-refractivity contribution < 1.29 is 9.53 Å². The average Bonchev–Trinajstić information content (AvgIpc) is 3.09. The second kappa shape index (κ2) is 8.24. The zero-order valence-corrected chi connectivity index (χ0v) is 18.3. The van der Waals surface area contributed by atoms with Crippen molar-refractivity contribution in [3.8, 4) is 5.69 Å². The molecule has 156 valence electrons. The van der Waals surface area contributed by atoms with Crippen LogP contribution in [-0.4, -0.2) is 45.5 Å². The number of carbonyl (C=O) groups excluding carboxylic acids is 1. The number of nitrogens with one attached hydrogen (secondary N) is 1. The second-order valence-corrected chi connectivity index (χ2v) is 8.86. The van der Waals surface area contributed by atoms with Crippen molar-refractivity contribution in [3.63, 3.8) is 0 Å². The molecule has 0 radical (unpaired) electrons. The molecule has 0 spiro atoms. The summed E-state index contributed by atoms with van der Waals surface area (Å²) in [5.74, 6) is 0. The fourth-order valence-corrected chi connectivity index (χ4v) is 3.38. The minimum atomic E-state index is -0.542. The summed E-state index contributed by atoms with van der Waals surface area (Å²) in [5, 5.41) is 8.01. The van der Waals surface area contributed by atoms with Crippen LogP contribution in [-0.2, 0) is 4.74 Å². The summed E-state index contributed by atoms with van der Waals surface area (Å²) < 4.78 is 6.61. The number of likely N-dealkylation sites (tertiary alicyclic amines) is 1. The maximum atomic E-state index is 12.7. The van der Waals surface area contributed by atoms with Crippen LogP contribution in [0.4, 0.5) is 10.5 Å². The standard InChI is InChI=1S/C20H24Cl2N4O3/c1-12-5-6-14(9-15(12)21)26-18(27)17(22)16(10-23-26)24-13-7-8-25(11-13)19(28)29-20(2,3)4/h5-6,9-10,13,24H,7-8,11H2,1-4H3. The molecule has 1 aromatic heterocycles. The Morgan fingerprint density at radius 3 is 2.69 bits per heavy atom. The van der Waals surface area contributed by atoms with Crippen LogP contribution in [0, 0.1) is 6.92 Å². The molecule has 1 saturated heterocycles. The Morgan fingerprint density at radius 2 is 2.03 bits per heavy atom. The maximum Gasteiger partial charge on any atom is 0.410 e. The van der Waals surface area contributed by atoms with Gasteiger partial charge in [0, 0.05) is 24.2 Å². The number of carbonyl (C=O) groups is 1. The van der Waals surface area contributed by atoms with E-state index in [-0.39, 0.29) is 17.2 Å². The van der Waals surface area contributed by atoms with Crippen LogP contribution >= 0.6 is 23.2 Å². The van der Waals surface area contributed by atoms with E-state index in [1.165, 1.54) is 10.9 Å². The van der Waals surface area contributed by atoms with E-state index in [2.05, 4.69) is 10.4 Å². The van der Waals surface area contributed by atoms with Gasteiger partial charge < -0.3 is 15.0 Å². The highest BCUT2D eigenvalue weighted by Gasteiger charge is 2.30. The van der Waals surface area contributed by atoms with Gasteiger partial charge in [-0.2, -0.15) is 9.78 Å². The number of hydrogen-bond acceptors (Lipinski definition) is 5. The number of rotatable bonds is 3. The first-order chi connectivity index (χ1) is 13.5. The molecule has 9 heteroatoms. The van der Waals surface area contributed by atoms with E-state index in [0.717, 1.165) is 5.56 Å². The van der Waals surface area contributed by atoms with Crippen molar-refractivity contribution in [1.29, 1.82) is 0 Å². The smallest absolute Gasteiger partial charge is 0.410 e. The molecule has 1 aliphatic rings. The van der Waals surface area contributed by atoms with Crippen molar-refractivity contribution in [2.24, 2.45) is 0 Å². The quantitative estimate of drug-likeness (QED) is 0.773. The molecule has 3 rings (SSSR count). The molecule has 0 bridgehead atoms. The van der Waals surface area contributed by atoms with Crippen LogP contribution in [0.15, 0.2) is 29.2 Å². The van der Waals surface area contributed by atoms with Gasteiger partial charge in [0.05, 0.1) is 17.6 Å². The van der Waals surface area contributed by atoms with Gasteiger partial charge in [0.1, 0.15) is 10.6 Å². The molecule has 0 saturated carbocycles. The highest BCUT2D eigenvalue weighted by atomic mass is 35.5. The Labute approximate surface area is 179 Å². The van der Waals surface area contributed by atoms with Crippen molar-refractivity contribution in [2.45, 2.75) is 45.8 Å². The monoisotopic (exact) mass is 438 g/mol. The van der Waals surface area contributed by atoms with Gasteiger partial charge >= 0.3 is 6.09 Å². The Kier molecular flexibility index (Phi) is 6.10. The third kappa shape index (κ3) is 5.03. The van der Waals surface area contributed by atoms with Gasteiger partial charge in [-0.25, -0.2) is 4.79 Å². The Balaban J connectivity index is 1.73. The largest absolute Gasteiger partial charge is 0.444 e. The summed E-state index contributed by atoms with van der Waals surface area (Å²) in [5.41, 5.74) is 0.888. The third-order valence-corrected chi connectivity index (χ3v) is 5.29. The van der Waals surface area contributed by atoms with Gasteiger partial charge in [-0.15, -0.1) is 0 Å². The van der Waals surface area contributed by atoms with E-state index in [0.29, 0.717) is 35.9 Å². The van der Waals surface area contributed by atoms with E-state index < -0.39 is 11.2 Å². The lowest BCUT2D eigenvalue weighted by Crippen LogP contribution is -2.36. The number of amides is 1. The van der Waals surface area contributed by atoms with Crippen LogP contribution < -0.4 is 10.9 Å². The van der Waals surface area contributed by atoms with Gasteiger partial charge in [0.2, 0.25) is 0 Å². The number of nitrogens with zero attached hydrogens (tertiary/aromatic N) is 3. The molecule has 1 aromatic carbocycles. The highest BCUT2D eigenvalue weighted by molar-refractivity contribution is 6.33. The Bertz CT molecular complexity index is 985. The molecule has 1 aliphatic heterocycles. The number of halogens is 2. The molecule has 29 heavy (non-hydrogen) atoms. The number of ether oxygens (including phenoxy) is 1. The fourth-order valence-electron chi connectivity index (χ4n) is 3.02. The van der Waals surface area contributed by atoms with Crippen molar-refractivity contribution in [3.05, 3.63) is 50.4 Å². The summed E-state index contributed by atoms with van der Waals surface area (Å²) >= 11 is 12.5. The molecule has 1 fully saturated rings. The molecule has 2 heterocycles. The average molecular weight is 439 g/mol. The SMILES string of the molecule is Cc1ccc(-n2ncc(NC3CCN(C(=O)OC(C)(C)C)C3)c(Cl)c2=O)cc1Cl. The van der Waals surface area contributed by atoms with Gasteiger partial charge in [-0.05, 0) is 51.8 Å². The number of anilines is 1. The summed E-state index contributed by atoms with van der Waals surface area (Å²) in [7, 11) is 0. The minimum Gasteiger partial charge on any atom is -0.444 e. The maximum absolute atomic E-state index is 12.7. The first-order valence-electron chi connectivity index (χ1n) is 9.34. The first-order valence-corrected chi connectivity index (χ1v) is 10.1. The molecule has 1 unspecified atom stereocenters. The van der Waals surface area contributed by atoms with E-state index >= 15 is 0 Å². The van der Waals surface area contributed by atoms with E-state index in [1.807, 2.05) is 33.8 Å². The third-order valence-electron chi connectivity index (χ3n) is 4.52. The number of hydrogen-bond donors (Lipinski definition) is 1. The van der Waals surface area contributed by atoms with E-state index in [1.54, 1.807) is 17.0 Å². The zero-order valence-electron chi connectivity index (χ0n) is 16.8. The molecule has 1 N–H and O–H groups in total. The Hall–Kier alpha value is -2.25. The second-order valence-electron chi connectivity index (χ2n) is 8.08. The normalized spacial score (nSPS) is 16.8. The molecular weight excluding hydrogens is 415 g/mol. The summed E-state index contributed by atoms with van der Waals surface area (Å²) in [4.78, 5) is 26.5. The van der Waals surface area contributed by atoms with Crippen molar-refractivity contribution in [2.75, 3.05) is 18.4 Å². The van der Waals surface area contributed by atoms with Crippen LogP contribution in [0.5, 0.6) is 0 Å². The van der Waals surface area contributed by atoms with Gasteiger partial charge in [-0.3, -0.25) is 4.79 Å². The number of aromatic nitrogens is 2. The molecule has 0 aliphatic carbocycles. The summed E-state index contributed by atoms with van der Waals surface area (Å²) in [6, 6.07) is 5.19. The van der Waals surface area contributed by atoms with Gasteiger partial charge in [0.15, 0.2) is 0 Å². The minimum absolute atomic E-state index is 0.0346. The van der Waals surface area contributed by atoms with Crippen LogP contribution in [0.25, 0.3) is 5.69 Å². The summed E-state index contributed by atoms with van der Waals surface area (Å²) in [6.07, 6.45) is 1.87. The number of benzene rings is 1. The summed E-state index contributed by atoms with van der Waals surface area (Å²) in [6.45, 7) is 8.40. The Morgan fingerprint density at radius 1 is 1.31 bits per heavy atom. The lowest BCUT2D eigenvalue weighted by molar-refractivity contribution is 0.0293. The van der Waals surface area contributed by atoms with E-state index in [9.17, 15) is 9.59 Å².